The molecular weight excluding hydrogens is 306 g/mol. The van der Waals surface area contributed by atoms with Crippen molar-refractivity contribution in [2.24, 2.45) is 0 Å². The van der Waals surface area contributed by atoms with E-state index in [4.69, 9.17) is 17.3 Å². The molecule has 3 N–H and O–H groups in total. The van der Waals surface area contributed by atoms with Crippen molar-refractivity contribution in [3.63, 3.8) is 0 Å². The molecule has 3 atom stereocenters. The number of benzene rings is 1. The molecule has 0 saturated carbocycles. The van der Waals surface area contributed by atoms with Gasteiger partial charge in [-0.25, -0.2) is 0 Å². The van der Waals surface area contributed by atoms with Crippen LogP contribution in [-0.4, -0.2) is 40.4 Å². The summed E-state index contributed by atoms with van der Waals surface area (Å²) in [4.78, 5) is 14.7. The summed E-state index contributed by atoms with van der Waals surface area (Å²) in [6, 6.07) is 5.31. The van der Waals surface area contributed by atoms with Crippen LogP contribution in [0.2, 0.25) is 5.02 Å². The van der Waals surface area contributed by atoms with Gasteiger partial charge in [0, 0.05) is 29.3 Å². The first-order valence-corrected chi connectivity index (χ1v) is 8.56. The van der Waals surface area contributed by atoms with E-state index in [2.05, 4.69) is 24.1 Å². The number of rotatable bonds is 3. The number of hydrogen-bond donors (Lipinski definition) is 2. The van der Waals surface area contributed by atoms with Crippen molar-refractivity contribution >= 4 is 40.6 Å². The van der Waals surface area contributed by atoms with Crippen LogP contribution < -0.4 is 11.1 Å². The Morgan fingerprint density at radius 1 is 1.52 bits per heavy atom. The maximum absolute atomic E-state index is 12.5. The fraction of sp³-hybridized carbons (Fsp3) is 0.533. The van der Waals surface area contributed by atoms with E-state index in [0.717, 1.165) is 12.3 Å². The van der Waals surface area contributed by atoms with E-state index in [1.807, 2.05) is 18.7 Å². The van der Waals surface area contributed by atoms with Gasteiger partial charge in [0.25, 0.3) is 0 Å². The average Bonchev–Trinajstić information content (AvgIpc) is 2.44. The Morgan fingerprint density at radius 3 is 2.90 bits per heavy atom. The van der Waals surface area contributed by atoms with E-state index < -0.39 is 0 Å². The topological polar surface area (TPSA) is 58.4 Å². The minimum absolute atomic E-state index is 0.0346. The number of nitrogens with zero attached hydrogens (tertiary/aromatic N) is 1. The summed E-state index contributed by atoms with van der Waals surface area (Å²) >= 11 is 8.06. The first kappa shape index (κ1) is 16.5. The molecule has 3 unspecified atom stereocenters. The van der Waals surface area contributed by atoms with Gasteiger partial charge in [-0.3, -0.25) is 9.69 Å². The van der Waals surface area contributed by atoms with Crippen LogP contribution in [0, 0.1) is 0 Å². The van der Waals surface area contributed by atoms with Gasteiger partial charge in [-0.05, 0) is 32.0 Å². The zero-order chi connectivity index (χ0) is 15.6. The number of anilines is 2. The third-order valence-corrected chi connectivity index (χ3v) is 5.71. The second-order valence-electron chi connectivity index (χ2n) is 5.46. The van der Waals surface area contributed by atoms with Crippen molar-refractivity contribution in [3.8, 4) is 0 Å². The number of nitrogens with one attached hydrogen (secondary N) is 1. The molecule has 4 nitrogen and oxygen atoms in total. The number of amides is 1. The maximum Gasteiger partial charge on any atom is 0.241 e. The van der Waals surface area contributed by atoms with Gasteiger partial charge in [-0.2, -0.15) is 11.8 Å². The summed E-state index contributed by atoms with van der Waals surface area (Å²) in [6.45, 7) is 7.26. The fourth-order valence-corrected chi connectivity index (χ4v) is 3.88. The third-order valence-electron chi connectivity index (χ3n) is 4.06. The molecule has 0 radical (unpaired) electrons. The van der Waals surface area contributed by atoms with Crippen LogP contribution in [0.5, 0.6) is 0 Å². The van der Waals surface area contributed by atoms with Crippen molar-refractivity contribution < 1.29 is 4.79 Å². The lowest BCUT2D eigenvalue weighted by atomic mass is 10.1. The molecule has 1 amide bonds. The van der Waals surface area contributed by atoms with Crippen LogP contribution in [0.15, 0.2) is 18.2 Å². The molecule has 1 fully saturated rings. The highest BCUT2D eigenvalue weighted by atomic mass is 35.5. The highest BCUT2D eigenvalue weighted by molar-refractivity contribution is 8.00. The summed E-state index contributed by atoms with van der Waals surface area (Å²) < 4.78 is 0. The lowest BCUT2D eigenvalue weighted by Gasteiger charge is -2.40. The van der Waals surface area contributed by atoms with E-state index in [-0.39, 0.29) is 11.9 Å². The smallest absolute Gasteiger partial charge is 0.241 e. The van der Waals surface area contributed by atoms with Crippen molar-refractivity contribution in [2.45, 2.75) is 38.1 Å². The molecule has 1 aliphatic heterocycles. The molecule has 116 valence electrons. The molecule has 0 aromatic heterocycles. The molecule has 1 aromatic rings. The van der Waals surface area contributed by atoms with Crippen LogP contribution in [0.1, 0.15) is 20.8 Å². The molecule has 1 saturated heterocycles. The molecule has 2 rings (SSSR count). The van der Waals surface area contributed by atoms with Crippen LogP contribution >= 0.6 is 23.4 Å². The summed E-state index contributed by atoms with van der Waals surface area (Å²) in [7, 11) is 0. The summed E-state index contributed by atoms with van der Waals surface area (Å²) in [6.07, 6.45) is 0. The van der Waals surface area contributed by atoms with Crippen molar-refractivity contribution in [1.82, 2.24) is 4.90 Å². The molecule has 1 aromatic carbocycles. The molecule has 0 bridgehead atoms. The Morgan fingerprint density at radius 2 is 2.24 bits per heavy atom. The van der Waals surface area contributed by atoms with Crippen LogP contribution in [-0.2, 0) is 4.79 Å². The molecule has 6 heteroatoms. The van der Waals surface area contributed by atoms with Gasteiger partial charge >= 0.3 is 0 Å². The minimum Gasteiger partial charge on any atom is -0.399 e. The molecular formula is C15H22ClN3OS. The van der Waals surface area contributed by atoms with Gasteiger partial charge in [0.1, 0.15) is 0 Å². The second kappa shape index (κ2) is 6.90. The number of nitrogen functional groups attached to an aromatic ring is 1. The van der Waals surface area contributed by atoms with Gasteiger partial charge in [0.15, 0.2) is 0 Å². The number of carbonyl (C=O) groups is 1. The predicted octanol–water partition coefficient (Wildman–Crippen LogP) is 3.08. The number of nitrogens with two attached hydrogens (primary N) is 1. The summed E-state index contributed by atoms with van der Waals surface area (Å²) in [5.41, 5.74) is 6.85. The second-order valence-corrected chi connectivity index (χ2v) is 7.35. The SMILES string of the molecule is CC1SCCN(C(C)C(=O)Nc2ccc(N)cc2Cl)C1C. The monoisotopic (exact) mass is 327 g/mol. The fourth-order valence-electron chi connectivity index (χ4n) is 2.52. The first-order chi connectivity index (χ1) is 9.90. The molecule has 0 spiro atoms. The quantitative estimate of drug-likeness (QED) is 0.838. The van der Waals surface area contributed by atoms with Gasteiger partial charge < -0.3 is 11.1 Å². The number of hydrogen-bond acceptors (Lipinski definition) is 4. The van der Waals surface area contributed by atoms with Crippen LogP contribution in [0.3, 0.4) is 0 Å². The van der Waals surface area contributed by atoms with Gasteiger partial charge in [-0.15, -0.1) is 0 Å². The number of halogens is 1. The molecule has 21 heavy (non-hydrogen) atoms. The Bertz CT molecular complexity index is 526. The van der Waals surface area contributed by atoms with Gasteiger partial charge in [0.05, 0.1) is 16.8 Å². The Kier molecular flexibility index (Phi) is 5.41. The minimum atomic E-state index is -0.183. The molecule has 1 aliphatic rings. The predicted molar refractivity (Wildman–Crippen MR) is 92.0 cm³/mol. The van der Waals surface area contributed by atoms with Crippen molar-refractivity contribution in [1.29, 1.82) is 0 Å². The van der Waals surface area contributed by atoms with E-state index in [1.54, 1.807) is 18.2 Å². The normalized spacial score (nSPS) is 24.6. The highest BCUT2D eigenvalue weighted by Gasteiger charge is 2.31. The zero-order valence-electron chi connectivity index (χ0n) is 12.6. The van der Waals surface area contributed by atoms with E-state index in [1.165, 1.54) is 0 Å². The number of carbonyl (C=O) groups excluding carboxylic acids is 1. The van der Waals surface area contributed by atoms with Crippen LogP contribution in [0.25, 0.3) is 0 Å². The zero-order valence-corrected chi connectivity index (χ0v) is 14.2. The number of thioether (sulfide) groups is 1. The lowest BCUT2D eigenvalue weighted by Crippen LogP contribution is -2.53. The van der Waals surface area contributed by atoms with Gasteiger partial charge in [-0.1, -0.05) is 18.5 Å². The van der Waals surface area contributed by atoms with Gasteiger partial charge in [0.2, 0.25) is 5.91 Å². The Hall–Kier alpha value is -0.910. The summed E-state index contributed by atoms with van der Waals surface area (Å²) in [5, 5.41) is 3.90. The van der Waals surface area contributed by atoms with E-state index in [0.29, 0.717) is 27.7 Å². The standard InChI is InChI=1S/C15H22ClN3OS/c1-9-11(3)21-7-6-19(9)10(2)15(20)18-14-5-4-12(17)8-13(14)16/h4-5,8-11H,6-7,17H2,1-3H3,(H,18,20). The maximum atomic E-state index is 12.5. The van der Waals surface area contributed by atoms with E-state index >= 15 is 0 Å². The highest BCUT2D eigenvalue weighted by Crippen LogP contribution is 2.27. The van der Waals surface area contributed by atoms with Crippen LogP contribution in [0.4, 0.5) is 11.4 Å². The lowest BCUT2D eigenvalue weighted by molar-refractivity contribution is -0.121. The largest absolute Gasteiger partial charge is 0.399 e. The Labute approximate surface area is 135 Å². The van der Waals surface area contributed by atoms with Crippen molar-refractivity contribution in [3.05, 3.63) is 23.2 Å². The Balaban J connectivity index is 2.05. The summed E-state index contributed by atoms with van der Waals surface area (Å²) in [5.74, 6) is 1.03. The van der Waals surface area contributed by atoms with Crippen molar-refractivity contribution in [2.75, 3.05) is 23.3 Å². The molecule has 1 heterocycles. The first-order valence-electron chi connectivity index (χ1n) is 7.13. The average molecular weight is 328 g/mol. The van der Waals surface area contributed by atoms with E-state index in [9.17, 15) is 4.79 Å². The third kappa shape index (κ3) is 3.84. The molecule has 0 aliphatic carbocycles.